The molecule has 0 spiro atoms. The van der Waals surface area contributed by atoms with Crippen LogP contribution in [0.15, 0.2) is 16.3 Å². The number of thiophene rings is 1. The van der Waals surface area contributed by atoms with Gasteiger partial charge in [0, 0.05) is 4.88 Å². The van der Waals surface area contributed by atoms with Crippen LogP contribution in [0.2, 0.25) is 0 Å². The maximum atomic E-state index is 10.9. The molecule has 0 saturated heterocycles. The monoisotopic (exact) mass is 237 g/mol. The highest BCUT2D eigenvalue weighted by molar-refractivity contribution is 7.91. The zero-order valence-corrected chi connectivity index (χ0v) is 9.10. The predicted octanol–water partition coefficient (Wildman–Crippen LogP) is -0.405. The van der Waals surface area contributed by atoms with E-state index in [0.717, 1.165) is 11.3 Å². The number of hydrogen-bond acceptors (Lipinski definition) is 5. The maximum Gasteiger partial charge on any atom is 0.247 e. The van der Waals surface area contributed by atoms with Gasteiger partial charge in [0.05, 0.1) is 6.61 Å². The molecule has 0 amide bonds. The van der Waals surface area contributed by atoms with Gasteiger partial charge in [0.15, 0.2) is 0 Å². The van der Waals surface area contributed by atoms with Gasteiger partial charge in [0.1, 0.15) is 9.81 Å². The molecule has 80 valence electrons. The molecular formula is C7H11NO4S2. The molecule has 1 aromatic heterocycles. The van der Waals surface area contributed by atoms with Crippen molar-refractivity contribution in [2.75, 3.05) is 6.61 Å². The smallest absolute Gasteiger partial charge is 0.247 e. The number of hydrogen-bond donors (Lipinski definition) is 3. The molecule has 14 heavy (non-hydrogen) atoms. The quantitative estimate of drug-likeness (QED) is 0.665. The van der Waals surface area contributed by atoms with Crippen molar-refractivity contribution in [2.24, 2.45) is 5.14 Å². The molecule has 7 heteroatoms. The molecule has 1 heterocycles. The Morgan fingerprint density at radius 1 is 1.57 bits per heavy atom. The molecule has 0 aliphatic heterocycles. The lowest BCUT2D eigenvalue weighted by Crippen LogP contribution is -2.24. The van der Waals surface area contributed by atoms with Crippen molar-refractivity contribution in [3.63, 3.8) is 0 Å². The highest BCUT2D eigenvalue weighted by Gasteiger charge is 2.25. The van der Waals surface area contributed by atoms with E-state index in [2.05, 4.69) is 0 Å². The SMILES string of the molecule is C[C@](O)(CO)c1ccc(S(N)(=O)=O)s1. The van der Waals surface area contributed by atoms with Crippen molar-refractivity contribution in [1.29, 1.82) is 0 Å². The minimum absolute atomic E-state index is 0.0266. The van der Waals surface area contributed by atoms with Gasteiger partial charge in [-0.3, -0.25) is 0 Å². The summed E-state index contributed by atoms with van der Waals surface area (Å²) in [5.41, 5.74) is -1.42. The average molecular weight is 237 g/mol. The molecule has 0 aromatic carbocycles. The molecule has 0 fully saturated rings. The van der Waals surface area contributed by atoms with Gasteiger partial charge < -0.3 is 10.2 Å². The van der Waals surface area contributed by atoms with E-state index in [-0.39, 0.29) is 4.21 Å². The van der Waals surface area contributed by atoms with Crippen LogP contribution in [0.5, 0.6) is 0 Å². The number of aliphatic hydroxyl groups is 2. The van der Waals surface area contributed by atoms with Gasteiger partial charge in [-0.2, -0.15) is 0 Å². The second-order valence-corrected chi connectivity index (χ2v) is 5.97. The van der Waals surface area contributed by atoms with Crippen molar-refractivity contribution >= 4 is 21.4 Å². The average Bonchev–Trinajstić information content (AvgIpc) is 2.51. The Bertz CT molecular complexity index is 421. The van der Waals surface area contributed by atoms with Gasteiger partial charge in [-0.15, -0.1) is 11.3 Å². The summed E-state index contributed by atoms with van der Waals surface area (Å²) in [5.74, 6) is 0. The van der Waals surface area contributed by atoms with Crippen LogP contribution in [0.4, 0.5) is 0 Å². The number of primary sulfonamides is 1. The second kappa shape index (κ2) is 3.59. The number of aliphatic hydroxyl groups excluding tert-OH is 1. The first kappa shape index (κ1) is 11.6. The highest BCUT2D eigenvalue weighted by Crippen LogP contribution is 2.29. The Morgan fingerprint density at radius 3 is 2.50 bits per heavy atom. The Kier molecular flexibility index (Phi) is 2.98. The van der Waals surface area contributed by atoms with E-state index in [1.165, 1.54) is 19.1 Å². The van der Waals surface area contributed by atoms with E-state index in [9.17, 15) is 13.5 Å². The van der Waals surface area contributed by atoms with Crippen LogP contribution in [0.1, 0.15) is 11.8 Å². The molecular weight excluding hydrogens is 226 g/mol. The standard InChI is InChI=1S/C7H11NO4S2/c1-7(10,4-9)5-2-3-6(13-5)14(8,11)12/h2-3,9-10H,4H2,1H3,(H2,8,11,12)/t7-/m0/s1. The van der Waals surface area contributed by atoms with Crippen molar-refractivity contribution in [2.45, 2.75) is 16.7 Å². The number of sulfonamides is 1. The van der Waals surface area contributed by atoms with Crippen molar-refractivity contribution in [1.82, 2.24) is 0 Å². The normalized spacial score (nSPS) is 16.6. The lowest BCUT2D eigenvalue weighted by atomic mass is 10.1. The third-order valence-corrected chi connectivity index (χ3v) is 4.48. The van der Waals surface area contributed by atoms with Crippen LogP contribution < -0.4 is 5.14 Å². The van der Waals surface area contributed by atoms with Gasteiger partial charge in [0.2, 0.25) is 10.0 Å². The lowest BCUT2D eigenvalue weighted by molar-refractivity contribution is 0.000792. The van der Waals surface area contributed by atoms with Gasteiger partial charge in [-0.1, -0.05) is 0 Å². The summed E-state index contributed by atoms with van der Waals surface area (Å²) in [5, 5.41) is 23.3. The van der Waals surface area contributed by atoms with Crippen molar-refractivity contribution < 1.29 is 18.6 Å². The van der Waals surface area contributed by atoms with Crippen LogP contribution in [-0.4, -0.2) is 25.2 Å². The molecule has 0 aliphatic carbocycles. The molecule has 0 bridgehead atoms. The zero-order valence-electron chi connectivity index (χ0n) is 7.47. The van der Waals surface area contributed by atoms with E-state index >= 15 is 0 Å². The van der Waals surface area contributed by atoms with E-state index in [1.54, 1.807) is 0 Å². The molecule has 0 aliphatic rings. The molecule has 1 rings (SSSR count). The number of nitrogens with two attached hydrogens (primary N) is 1. The van der Waals surface area contributed by atoms with Crippen molar-refractivity contribution in [3.05, 3.63) is 17.0 Å². The first-order valence-electron chi connectivity index (χ1n) is 3.74. The maximum absolute atomic E-state index is 10.9. The Morgan fingerprint density at radius 2 is 2.14 bits per heavy atom. The molecule has 0 radical (unpaired) electrons. The minimum Gasteiger partial charge on any atom is -0.393 e. The van der Waals surface area contributed by atoms with Crippen LogP contribution >= 0.6 is 11.3 Å². The first-order chi connectivity index (χ1) is 6.27. The third kappa shape index (κ3) is 2.31. The highest BCUT2D eigenvalue weighted by atomic mass is 32.2. The second-order valence-electron chi connectivity index (χ2n) is 3.10. The third-order valence-electron chi connectivity index (χ3n) is 1.70. The summed E-state index contributed by atoms with van der Waals surface area (Å²) in [4.78, 5) is 0.365. The first-order valence-corrected chi connectivity index (χ1v) is 6.10. The van der Waals surface area contributed by atoms with E-state index in [1.807, 2.05) is 0 Å². The number of rotatable bonds is 3. The summed E-state index contributed by atoms with van der Waals surface area (Å²) in [6.45, 7) is 0.920. The van der Waals surface area contributed by atoms with Crippen LogP contribution in [0.3, 0.4) is 0 Å². The van der Waals surface area contributed by atoms with E-state index < -0.39 is 22.2 Å². The fourth-order valence-corrected chi connectivity index (χ4v) is 2.61. The summed E-state index contributed by atoms with van der Waals surface area (Å²) in [6.07, 6.45) is 0. The van der Waals surface area contributed by atoms with E-state index in [4.69, 9.17) is 10.2 Å². The van der Waals surface area contributed by atoms with Crippen LogP contribution in [-0.2, 0) is 15.6 Å². The molecule has 5 nitrogen and oxygen atoms in total. The lowest BCUT2D eigenvalue weighted by Gasteiger charge is -2.17. The largest absolute Gasteiger partial charge is 0.393 e. The Hall–Kier alpha value is -0.470. The molecule has 0 unspecified atom stereocenters. The van der Waals surface area contributed by atoms with Gasteiger partial charge >= 0.3 is 0 Å². The molecule has 0 saturated carbocycles. The Labute approximate surface area is 85.9 Å². The summed E-state index contributed by atoms with van der Waals surface area (Å²) >= 11 is 0.848. The van der Waals surface area contributed by atoms with Gasteiger partial charge in [-0.25, -0.2) is 13.6 Å². The van der Waals surface area contributed by atoms with E-state index in [0.29, 0.717) is 4.88 Å². The van der Waals surface area contributed by atoms with Crippen molar-refractivity contribution in [3.8, 4) is 0 Å². The van der Waals surface area contributed by atoms with Crippen LogP contribution in [0.25, 0.3) is 0 Å². The zero-order chi connectivity index (χ0) is 11.0. The summed E-state index contributed by atoms with van der Waals surface area (Å²) < 4.78 is 21.8. The molecule has 1 aromatic rings. The molecule has 1 atom stereocenters. The molecule has 4 N–H and O–H groups in total. The Balaban J connectivity index is 3.13. The van der Waals surface area contributed by atoms with Gasteiger partial charge in [0.25, 0.3) is 0 Å². The fraction of sp³-hybridized carbons (Fsp3) is 0.429. The summed E-state index contributed by atoms with van der Waals surface area (Å²) in [7, 11) is -3.72. The van der Waals surface area contributed by atoms with Crippen LogP contribution in [0, 0.1) is 0 Å². The minimum atomic E-state index is -3.72. The summed E-state index contributed by atoms with van der Waals surface area (Å²) in [6, 6.07) is 2.74. The fourth-order valence-electron chi connectivity index (χ4n) is 0.840. The van der Waals surface area contributed by atoms with Gasteiger partial charge in [-0.05, 0) is 19.1 Å². The predicted molar refractivity (Wildman–Crippen MR) is 52.3 cm³/mol. The topological polar surface area (TPSA) is 101 Å².